The van der Waals surface area contributed by atoms with Crippen LogP contribution in [0.5, 0.6) is 5.75 Å². The summed E-state index contributed by atoms with van der Waals surface area (Å²) < 4.78 is 16.4. The van der Waals surface area contributed by atoms with E-state index in [0.717, 1.165) is 62.8 Å². The molecule has 1 fully saturated rings. The van der Waals surface area contributed by atoms with Crippen molar-refractivity contribution in [2.75, 3.05) is 47.6 Å². The quantitative estimate of drug-likeness (QED) is 0.425. The molecular weight excluding hydrogens is 354 g/mol. The Morgan fingerprint density at radius 2 is 2.04 bits per heavy atom. The van der Waals surface area contributed by atoms with Gasteiger partial charge in [-0.25, -0.2) is 0 Å². The van der Waals surface area contributed by atoms with Gasteiger partial charge in [-0.1, -0.05) is 17.7 Å². The van der Waals surface area contributed by atoms with Crippen LogP contribution < -0.4 is 10.1 Å². The molecule has 0 amide bonds. The minimum Gasteiger partial charge on any atom is -0.496 e. The molecule has 0 radical (unpaired) electrons. The van der Waals surface area contributed by atoms with Crippen molar-refractivity contribution in [3.63, 3.8) is 0 Å². The van der Waals surface area contributed by atoms with Crippen LogP contribution in [0.1, 0.15) is 24.8 Å². The molecule has 6 nitrogen and oxygen atoms in total. The van der Waals surface area contributed by atoms with E-state index in [2.05, 4.69) is 15.2 Å². The van der Waals surface area contributed by atoms with E-state index in [1.807, 2.05) is 25.2 Å². The van der Waals surface area contributed by atoms with Gasteiger partial charge in [0.05, 0.1) is 13.2 Å². The Morgan fingerprint density at radius 3 is 2.69 bits per heavy atom. The second kappa shape index (κ2) is 11.3. The number of benzene rings is 1. The van der Waals surface area contributed by atoms with Crippen LogP contribution >= 0.6 is 11.6 Å². The van der Waals surface area contributed by atoms with E-state index in [0.29, 0.717) is 17.7 Å². The Hall–Kier alpha value is -1.50. The zero-order chi connectivity index (χ0) is 18.8. The molecule has 1 heterocycles. The number of likely N-dealkylation sites (tertiary alicyclic amines) is 1. The lowest BCUT2D eigenvalue weighted by molar-refractivity contribution is 0.00989. The van der Waals surface area contributed by atoms with Crippen LogP contribution in [-0.2, 0) is 16.0 Å². The first-order valence-corrected chi connectivity index (χ1v) is 9.44. The molecule has 1 aromatic rings. The average Bonchev–Trinajstić information content (AvgIpc) is 2.67. The number of ether oxygens (including phenoxy) is 3. The highest BCUT2D eigenvalue weighted by molar-refractivity contribution is 6.30. The molecule has 2 rings (SSSR count). The molecule has 0 unspecified atom stereocenters. The van der Waals surface area contributed by atoms with Gasteiger partial charge in [-0.05, 0) is 31.4 Å². The molecule has 146 valence electrons. The van der Waals surface area contributed by atoms with Crippen molar-refractivity contribution in [3.05, 3.63) is 28.8 Å². The first-order chi connectivity index (χ1) is 12.7. The van der Waals surface area contributed by atoms with Crippen LogP contribution in [0.2, 0.25) is 5.02 Å². The number of piperidine rings is 1. The molecule has 0 spiro atoms. The topological polar surface area (TPSA) is 55.3 Å². The number of methoxy groups -OCH3 is 2. The lowest BCUT2D eigenvalue weighted by atomic mass is 10.1. The largest absolute Gasteiger partial charge is 0.496 e. The number of rotatable bonds is 8. The SMILES string of the molecule is CN=C(NCc1ccc(Cl)cc1OC)N1CCC(OCCCOC)CC1. The average molecular weight is 384 g/mol. The Labute approximate surface area is 161 Å². The van der Waals surface area contributed by atoms with Gasteiger partial charge in [0.1, 0.15) is 5.75 Å². The van der Waals surface area contributed by atoms with Crippen LogP contribution in [0, 0.1) is 0 Å². The van der Waals surface area contributed by atoms with Crippen molar-refractivity contribution in [2.45, 2.75) is 31.9 Å². The molecule has 0 saturated carbocycles. The van der Waals surface area contributed by atoms with Gasteiger partial charge in [0, 0.05) is 57.6 Å². The summed E-state index contributed by atoms with van der Waals surface area (Å²) >= 11 is 6.02. The number of hydrogen-bond donors (Lipinski definition) is 1. The zero-order valence-corrected chi connectivity index (χ0v) is 16.7. The first kappa shape index (κ1) is 20.8. The fourth-order valence-electron chi connectivity index (χ4n) is 3.06. The predicted octanol–water partition coefficient (Wildman–Crippen LogP) is 2.94. The van der Waals surface area contributed by atoms with Gasteiger partial charge in [-0.3, -0.25) is 4.99 Å². The van der Waals surface area contributed by atoms with Gasteiger partial charge in [0.25, 0.3) is 0 Å². The highest BCUT2D eigenvalue weighted by Crippen LogP contribution is 2.23. The van der Waals surface area contributed by atoms with E-state index in [4.69, 9.17) is 25.8 Å². The summed E-state index contributed by atoms with van der Waals surface area (Å²) in [5.41, 5.74) is 1.05. The molecule has 1 N–H and O–H groups in total. The van der Waals surface area contributed by atoms with Gasteiger partial charge < -0.3 is 24.4 Å². The highest BCUT2D eigenvalue weighted by atomic mass is 35.5. The minimum atomic E-state index is 0.331. The van der Waals surface area contributed by atoms with E-state index in [1.54, 1.807) is 14.2 Å². The lowest BCUT2D eigenvalue weighted by Gasteiger charge is -2.34. The molecule has 0 atom stereocenters. The Bertz CT molecular complexity index is 575. The fourth-order valence-corrected chi connectivity index (χ4v) is 3.22. The van der Waals surface area contributed by atoms with Crippen LogP contribution in [0.4, 0.5) is 0 Å². The van der Waals surface area contributed by atoms with Gasteiger partial charge in [0.2, 0.25) is 0 Å². The van der Waals surface area contributed by atoms with E-state index in [-0.39, 0.29) is 0 Å². The van der Waals surface area contributed by atoms with Crippen LogP contribution in [-0.4, -0.2) is 64.5 Å². The summed E-state index contributed by atoms with van der Waals surface area (Å²) in [7, 11) is 5.19. The summed E-state index contributed by atoms with van der Waals surface area (Å²) in [6.07, 6.45) is 3.30. The van der Waals surface area contributed by atoms with E-state index in [9.17, 15) is 0 Å². The lowest BCUT2D eigenvalue weighted by Crippen LogP contribution is -2.46. The van der Waals surface area contributed by atoms with E-state index >= 15 is 0 Å². The second-order valence-corrected chi connectivity index (χ2v) is 6.70. The van der Waals surface area contributed by atoms with Crippen LogP contribution in [0.3, 0.4) is 0 Å². The van der Waals surface area contributed by atoms with Crippen LogP contribution in [0.25, 0.3) is 0 Å². The maximum Gasteiger partial charge on any atom is 0.193 e. The molecule has 7 heteroatoms. The Morgan fingerprint density at radius 1 is 1.27 bits per heavy atom. The summed E-state index contributed by atoms with van der Waals surface area (Å²) in [5, 5.41) is 4.09. The molecular formula is C19H30ClN3O3. The van der Waals surface area contributed by atoms with Crippen molar-refractivity contribution >= 4 is 17.6 Å². The molecule has 1 aliphatic rings. The van der Waals surface area contributed by atoms with Gasteiger partial charge in [0.15, 0.2) is 5.96 Å². The number of nitrogens with zero attached hydrogens (tertiary/aromatic N) is 2. The normalized spacial score (nSPS) is 16.0. The summed E-state index contributed by atoms with van der Waals surface area (Å²) in [5.74, 6) is 1.68. The standard InChI is InChI=1S/C19H30ClN3O3/c1-21-19(22-14-15-5-6-16(20)13-18(15)25-3)23-9-7-17(8-10-23)26-12-4-11-24-2/h5-6,13,17H,4,7-12,14H2,1-3H3,(H,21,22). The Balaban J connectivity index is 1.79. The third-order valence-corrected chi connectivity index (χ3v) is 4.72. The van der Waals surface area contributed by atoms with Crippen molar-refractivity contribution in [1.29, 1.82) is 0 Å². The third kappa shape index (κ3) is 6.34. The molecule has 1 aliphatic heterocycles. The van der Waals surface area contributed by atoms with E-state index < -0.39 is 0 Å². The maximum atomic E-state index is 6.02. The zero-order valence-electron chi connectivity index (χ0n) is 16.0. The fraction of sp³-hybridized carbons (Fsp3) is 0.632. The second-order valence-electron chi connectivity index (χ2n) is 6.26. The Kier molecular flexibility index (Phi) is 9.01. The van der Waals surface area contributed by atoms with Crippen LogP contribution in [0.15, 0.2) is 23.2 Å². The van der Waals surface area contributed by atoms with Crippen molar-refractivity contribution in [2.24, 2.45) is 4.99 Å². The number of hydrogen-bond acceptors (Lipinski definition) is 4. The van der Waals surface area contributed by atoms with Crippen molar-refractivity contribution in [1.82, 2.24) is 10.2 Å². The van der Waals surface area contributed by atoms with Crippen molar-refractivity contribution in [3.8, 4) is 5.75 Å². The summed E-state index contributed by atoms with van der Waals surface area (Å²) in [4.78, 5) is 6.69. The number of nitrogens with one attached hydrogen (secondary N) is 1. The van der Waals surface area contributed by atoms with Gasteiger partial charge >= 0.3 is 0 Å². The molecule has 1 aromatic carbocycles. The minimum absolute atomic E-state index is 0.331. The predicted molar refractivity (Wildman–Crippen MR) is 105 cm³/mol. The number of aliphatic imine (C=N–C) groups is 1. The molecule has 0 aromatic heterocycles. The third-order valence-electron chi connectivity index (χ3n) is 4.49. The molecule has 0 aliphatic carbocycles. The number of halogens is 1. The molecule has 0 bridgehead atoms. The van der Waals surface area contributed by atoms with E-state index in [1.165, 1.54) is 0 Å². The highest BCUT2D eigenvalue weighted by Gasteiger charge is 2.22. The van der Waals surface area contributed by atoms with Gasteiger partial charge in [-0.2, -0.15) is 0 Å². The number of guanidine groups is 1. The summed E-state index contributed by atoms with van der Waals surface area (Å²) in [6.45, 7) is 4.03. The summed E-state index contributed by atoms with van der Waals surface area (Å²) in [6, 6.07) is 5.67. The molecule has 26 heavy (non-hydrogen) atoms. The maximum absolute atomic E-state index is 6.02. The smallest absolute Gasteiger partial charge is 0.193 e. The van der Waals surface area contributed by atoms with Gasteiger partial charge in [-0.15, -0.1) is 0 Å². The van der Waals surface area contributed by atoms with Crippen molar-refractivity contribution < 1.29 is 14.2 Å². The molecule has 1 saturated heterocycles. The monoisotopic (exact) mass is 383 g/mol. The first-order valence-electron chi connectivity index (χ1n) is 9.06.